The predicted octanol–water partition coefficient (Wildman–Crippen LogP) is 2.95. The van der Waals surface area contributed by atoms with E-state index in [0.29, 0.717) is 24.3 Å². The zero-order valence-electron chi connectivity index (χ0n) is 12.8. The summed E-state index contributed by atoms with van der Waals surface area (Å²) in [7, 11) is -3.73. The lowest BCUT2D eigenvalue weighted by Gasteiger charge is -2.11. The molecule has 0 saturated carbocycles. The molecule has 0 amide bonds. The van der Waals surface area contributed by atoms with E-state index in [1.807, 2.05) is 12.1 Å². The summed E-state index contributed by atoms with van der Waals surface area (Å²) in [5.74, 6) is 0.599. The van der Waals surface area contributed by atoms with Crippen LogP contribution in [0.3, 0.4) is 0 Å². The fourth-order valence-corrected chi connectivity index (χ4v) is 3.21. The molecular formula is C17H21NO3S. The molecule has 0 heterocycles. The van der Waals surface area contributed by atoms with Crippen LogP contribution in [0.15, 0.2) is 47.4 Å². The Morgan fingerprint density at radius 3 is 2.27 bits per heavy atom. The maximum Gasteiger partial charge on any atom is 0.238 e. The Balaban J connectivity index is 2.21. The van der Waals surface area contributed by atoms with Crippen molar-refractivity contribution in [2.24, 2.45) is 5.14 Å². The number of aromatic hydroxyl groups is 1. The third kappa shape index (κ3) is 3.87. The van der Waals surface area contributed by atoms with Gasteiger partial charge in [-0.1, -0.05) is 44.2 Å². The van der Waals surface area contributed by atoms with Crippen LogP contribution in [0.1, 0.15) is 36.5 Å². The summed E-state index contributed by atoms with van der Waals surface area (Å²) in [5.41, 5.74) is 2.54. The molecule has 2 aromatic carbocycles. The molecule has 0 aromatic heterocycles. The monoisotopic (exact) mass is 319 g/mol. The predicted molar refractivity (Wildman–Crippen MR) is 87.4 cm³/mol. The van der Waals surface area contributed by atoms with Gasteiger partial charge in [-0.2, -0.15) is 0 Å². The van der Waals surface area contributed by atoms with Crippen LogP contribution in [0.4, 0.5) is 0 Å². The van der Waals surface area contributed by atoms with Gasteiger partial charge in [0.2, 0.25) is 10.0 Å². The van der Waals surface area contributed by atoms with E-state index in [0.717, 1.165) is 11.1 Å². The van der Waals surface area contributed by atoms with Gasteiger partial charge in [-0.3, -0.25) is 0 Å². The van der Waals surface area contributed by atoms with Crippen LogP contribution < -0.4 is 5.14 Å². The second kappa shape index (κ2) is 6.50. The number of aryl methyl sites for hydroxylation is 2. The van der Waals surface area contributed by atoms with E-state index >= 15 is 0 Å². The SMILES string of the molecule is CC(C)c1ccc(CCc2ccccc2S(N)(=O)=O)c(O)c1. The number of hydrogen-bond donors (Lipinski definition) is 2. The molecule has 2 aromatic rings. The van der Waals surface area contributed by atoms with E-state index in [1.54, 1.807) is 24.3 Å². The second-order valence-electron chi connectivity index (χ2n) is 5.70. The smallest absolute Gasteiger partial charge is 0.238 e. The third-order valence-corrected chi connectivity index (χ3v) is 4.73. The number of benzene rings is 2. The first kappa shape index (κ1) is 16.5. The molecule has 3 N–H and O–H groups in total. The highest BCUT2D eigenvalue weighted by molar-refractivity contribution is 7.89. The van der Waals surface area contributed by atoms with E-state index in [4.69, 9.17) is 5.14 Å². The van der Waals surface area contributed by atoms with Gasteiger partial charge in [0.1, 0.15) is 5.75 Å². The zero-order chi connectivity index (χ0) is 16.3. The highest BCUT2D eigenvalue weighted by Crippen LogP contribution is 2.25. The molecule has 0 bridgehead atoms. The van der Waals surface area contributed by atoms with Crippen LogP contribution in [0.5, 0.6) is 5.75 Å². The van der Waals surface area contributed by atoms with Crippen LogP contribution in [0.25, 0.3) is 0 Å². The average molecular weight is 319 g/mol. The van der Waals surface area contributed by atoms with E-state index in [2.05, 4.69) is 13.8 Å². The fourth-order valence-electron chi connectivity index (χ4n) is 2.41. The van der Waals surface area contributed by atoms with Gasteiger partial charge < -0.3 is 5.11 Å². The Kier molecular flexibility index (Phi) is 4.88. The van der Waals surface area contributed by atoms with Gasteiger partial charge in [0, 0.05) is 0 Å². The lowest BCUT2D eigenvalue weighted by molar-refractivity contribution is 0.466. The maximum absolute atomic E-state index is 11.6. The second-order valence-corrected chi connectivity index (χ2v) is 7.23. The lowest BCUT2D eigenvalue weighted by atomic mass is 9.98. The largest absolute Gasteiger partial charge is 0.508 e. The Morgan fingerprint density at radius 1 is 1.05 bits per heavy atom. The van der Waals surface area contributed by atoms with Gasteiger partial charge in [-0.25, -0.2) is 13.6 Å². The summed E-state index contributed by atoms with van der Waals surface area (Å²) in [6.45, 7) is 4.13. The summed E-state index contributed by atoms with van der Waals surface area (Å²) in [6, 6.07) is 12.3. The summed E-state index contributed by atoms with van der Waals surface area (Å²) in [4.78, 5) is 0.147. The van der Waals surface area contributed by atoms with Crippen LogP contribution >= 0.6 is 0 Å². The number of rotatable bonds is 5. The first-order chi connectivity index (χ1) is 10.3. The van der Waals surface area contributed by atoms with Gasteiger partial charge in [0.05, 0.1) is 4.90 Å². The molecule has 0 spiro atoms. The van der Waals surface area contributed by atoms with Crippen molar-refractivity contribution in [2.75, 3.05) is 0 Å². The first-order valence-corrected chi connectivity index (χ1v) is 8.76. The zero-order valence-corrected chi connectivity index (χ0v) is 13.6. The molecule has 2 rings (SSSR count). The van der Waals surface area contributed by atoms with Gasteiger partial charge in [0.25, 0.3) is 0 Å². The number of hydrogen-bond acceptors (Lipinski definition) is 3. The number of nitrogens with two attached hydrogens (primary N) is 1. The highest BCUT2D eigenvalue weighted by Gasteiger charge is 2.13. The van der Waals surface area contributed by atoms with Gasteiger partial charge in [-0.15, -0.1) is 0 Å². The third-order valence-electron chi connectivity index (χ3n) is 3.72. The molecule has 0 unspecified atom stereocenters. The number of phenolic OH excluding ortho intramolecular Hbond substituents is 1. The molecule has 22 heavy (non-hydrogen) atoms. The van der Waals surface area contributed by atoms with Crippen LogP contribution in [0, 0.1) is 0 Å². The Hall–Kier alpha value is -1.85. The Bertz CT molecular complexity index is 767. The summed E-state index contributed by atoms with van der Waals surface area (Å²) < 4.78 is 23.2. The molecule has 0 aliphatic rings. The maximum atomic E-state index is 11.6. The van der Waals surface area contributed by atoms with Gasteiger partial charge in [-0.05, 0) is 47.6 Å². The van der Waals surface area contributed by atoms with E-state index < -0.39 is 10.0 Å². The van der Waals surface area contributed by atoms with Gasteiger partial charge >= 0.3 is 0 Å². The molecule has 0 radical (unpaired) electrons. The minimum atomic E-state index is -3.73. The summed E-state index contributed by atoms with van der Waals surface area (Å²) in [5, 5.41) is 15.3. The summed E-state index contributed by atoms with van der Waals surface area (Å²) in [6.07, 6.45) is 1.05. The van der Waals surface area contributed by atoms with Crippen molar-refractivity contribution in [1.82, 2.24) is 0 Å². The molecule has 118 valence electrons. The fraction of sp³-hybridized carbons (Fsp3) is 0.294. The Morgan fingerprint density at radius 2 is 1.68 bits per heavy atom. The van der Waals surface area contributed by atoms with Crippen LogP contribution in [0.2, 0.25) is 0 Å². The van der Waals surface area contributed by atoms with Crippen molar-refractivity contribution in [3.05, 3.63) is 59.2 Å². The topological polar surface area (TPSA) is 80.4 Å². The van der Waals surface area contributed by atoms with Crippen molar-refractivity contribution < 1.29 is 13.5 Å². The normalized spacial score (nSPS) is 11.8. The average Bonchev–Trinajstić information content (AvgIpc) is 2.45. The molecular weight excluding hydrogens is 298 g/mol. The molecule has 0 fully saturated rings. The first-order valence-electron chi connectivity index (χ1n) is 7.21. The van der Waals surface area contributed by atoms with E-state index in [-0.39, 0.29) is 10.6 Å². The van der Waals surface area contributed by atoms with Crippen LogP contribution in [-0.4, -0.2) is 13.5 Å². The molecule has 0 aliphatic carbocycles. The van der Waals surface area contributed by atoms with Crippen molar-refractivity contribution in [3.8, 4) is 5.75 Å². The van der Waals surface area contributed by atoms with Gasteiger partial charge in [0.15, 0.2) is 0 Å². The number of primary sulfonamides is 1. The number of sulfonamides is 1. The van der Waals surface area contributed by atoms with Crippen molar-refractivity contribution in [3.63, 3.8) is 0 Å². The molecule has 0 aliphatic heterocycles. The number of phenols is 1. The highest BCUT2D eigenvalue weighted by atomic mass is 32.2. The minimum Gasteiger partial charge on any atom is -0.508 e. The quantitative estimate of drug-likeness (QED) is 0.889. The van der Waals surface area contributed by atoms with E-state index in [9.17, 15) is 13.5 Å². The molecule has 4 nitrogen and oxygen atoms in total. The molecule has 0 saturated heterocycles. The summed E-state index contributed by atoms with van der Waals surface area (Å²) >= 11 is 0. The van der Waals surface area contributed by atoms with Crippen molar-refractivity contribution in [1.29, 1.82) is 0 Å². The Labute approximate surface area is 131 Å². The lowest BCUT2D eigenvalue weighted by Crippen LogP contribution is -2.14. The minimum absolute atomic E-state index is 0.147. The van der Waals surface area contributed by atoms with E-state index in [1.165, 1.54) is 6.07 Å². The molecule has 5 heteroatoms. The van der Waals surface area contributed by atoms with Crippen LogP contribution in [-0.2, 0) is 22.9 Å². The molecule has 0 atom stereocenters. The van der Waals surface area contributed by atoms with Crippen molar-refractivity contribution in [2.45, 2.75) is 37.5 Å². The standard InChI is InChI=1S/C17H21NO3S/c1-12(2)15-10-8-13(16(19)11-15)7-9-14-5-3-4-6-17(14)22(18,20)21/h3-6,8,10-12,19H,7,9H2,1-2H3,(H2,18,20,21). The van der Waals surface area contributed by atoms with Crippen molar-refractivity contribution >= 4 is 10.0 Å².